The van der Waals surface area contributed by atoms with Crippen molar-refractivity contribution in [1.29, 1.82) is 0 Å². The number of likely N-dealkylation sites (N-methyl/N-ethyl adjacent to an activating group) is 1. The molecular weight excluding hydrogens is 432 g/mol. The number of aromatic nitrogens is 1. The van der Waals surface area contributed by atoms with E-state index in [2.05, 4.69) is 17.1 Å². The van der Waals surface area contributed by atoms with E-state index in [0.717, 1.165) is 58.7 Å². The van der Waals surface area contributed by atoms with Gasteiger partial charge in [0, 0.05) is 28.9 Å². The summed E-state index contributed by atoms with van der Waals surface area (Å²) in [6.45, 7) is 4.71. The van der Waals surface area contributed by atoms with Gasteiger partial charge in [0.25, 0.3) is 11.8 Å². The number of nitrogens with zero attached hydrogens (tertiary/aromatic N) is 2. The van der Waals surface area contributed by atoms with Crippen LogP contribution in [0.15, 0.2) is 60.7 Å². The molecule has 4 aromatic rings. The van der Waals surface area contributed by atoms with Crippen LogP contribution in [0.2, 0.25) is 0 Å². The van der Waals surface area contributed by atoms with Crippen molar-refractivity contribution in [3.05, 3.63) is 82.2 Å². The van der Waals surface area contributed by atoms with Crippen LogP contribution in [-0.4, -0.2) is 34.8 Å². The largest absolute Gasteiger partial charge is 0.365 e. The number of nitrogens with one attached hydrogen (secondary N) is 1. The van der Waals surface area contributed by atoms with Crippen LogP contribution < -0.4 is 11.1 Å². The summed E-state index contributed by atoms with van der Waals surface area (Å²) in [4.78, 5) is 34.0. The molecule has 1 aliphatic rings. The van der Waals surface area contributed by atoms with Gasteiger partial charge in [-0.1, -0.05) is 55.5 Å². The number of carbonyl (C=O) groups is 2. The molecule has 0 fully saturated rings. The predicted molar refractivity (Wildman–Crippen MR) is 133 cm³/mol. The highest BCUT2D eigenvalue weighted by Crippen LogP contribution is 2.37. The number of nitrogens with two attached hydrogens (primary N) is 1. The van der Waals surface area contributed by atoms with Crippen molar-refractivity contribution in [2.75, 3.05) is 18.4 Å². The number of carbonyl (C=O) groups excluding carboxylic acids is 2. The van der Waals surface area contributed by atoms with E-state index in [9.17, 15) is 9.59 Å². The summed E-state index contributed by atoms with van der Waals surface area (Å²) >= 11 is 1.45. The van der Waals surface area contributed by atoms with Crippen molar-refractivity contribution in [1.82, 2.24) is 9.88 Å². The minimum absolute atomic E-state index is 0.278. The van der Waals surface area contributed by atoms with Gasteiger partial charge in [0.15, 0.2) is 0 Å². The normalized spacial score (nSPS) is 13.6. The Bertz CT molecular complexity index is 1360. The number of primary amides is 1. The van der Waals surface area contributed by atoms with Crippen molar-refractivity contribution in [2.45, 2.75) is 19.9 Å². The molecule has 5 rings (SSSR count). The molecule has 0 saturated heterocycles. The monoisotopic (exact) mass is 456 g/mol. The van der Waals surface area contributed by atoms with Gasteiger partial charge in [0.05, 0.1) is 22.3 Å². The zero-order valence-electron chi connectivity index (χ0n) is 18.3. The third kappa shape index (κ3) is 4.01. The quantitative estimate of drug-likeness (QED) is 0.456. The van der Waals surface area contributed by atoms with E-state index >= 15 is 0 Å². The summed E-state index contributed by atoms with van der Waals surface area (Å²) in [6, 6.07) is 19.2. The smallest absolute Gasteiger partial charge is 0.257 e. The molecule has 2 amide bonds. The number of thiophene rings is 1. The van der Waals surface area contributed by atoms with E-state index in [1.807, 2.05) is 60.7 Å². The highest BCUT2D eigenvalue weighted by atomic mass is 32.1. The van der Waals surface area contributed by atoms with Gasteiger partial charge in [-0.15, -0.1) is 11.3 Å². The summed E-state index contributed by atoms with van der Waals surface area (Å²) in [5.74, 6) is -0.781. The van der Waals surface area contributed by atoms with Crippen LogP contribution in [0, 0.1) is 0 Å². The van der Waals surface area contributed by atoms with Gasteiger partial charge < -0.3 is 11.1 Å². The van der Waals surface area contributed by atoms with Crippen molar-refractivity contribution in [3.8, 4) is 11.3 Å². The second kappa shape index (κ2) is 8.77. The lowest BCUT2D eigenvalue weighted by molar-refractivity contribution is 0.1000. The molecule has 2 aromatic heterocycles. The molecule has 0 bridgehead atoms. The van der Waals surface area contributed by atoms with Crippen LogP contribution >= 0.6 is 11.3 Å². The van der Waals surface area contributed by atoms with Crippen LogP contribution in [0.1, 0.15) is 38.1 Å². The topological polar surface area (TPSA) is 88.3 Å². The van der Waals surface area contributed by atoms with E-state index in [1.54, 1.807) is 0 Å². The van der Waals surface area contributed by atoms with Gasteiger partial charge in [-0.2, -0.15) is 0 Å². The maximum absolute atomic E-state index is 13.5. The Balaban J connectivity index is 1.57. The number of fused-ring (bicyclic) bond motifs is 2. The van der Waals surface area contributed by atoms with Crippen molar-refractivity contribution < 1.29 is 9.59 Å². The molecular formula is C26H24N4O2S. The first kappa shape index (κ1) is 21.3. The summed E-state index contributed by atoms with van der Waals surface area (Å²) in [7, 11) is 0. The van der Waals surface area contributed by atoms with Gasteiger partial charge in [-0.25, -0.2) is 4.98 Å². The Morgan fingerprint density at radius 2 is 1.88 bits per heavy atom. The van der Waals surface area contributed by atoms with Gasteiger partial charge in [0.1, 0.15) is 5.00 Å². The average molecular weight is 457 g/mol. The number of para-hydroxylation sites is 1. The highest BCUT2D eigenvalue weighted by molar-refractivity contribution is 7.17. The zero-order chi connectivity index (χ0) is 22.9. The molecule has 3 heterocycles. The number of pyridine rings is 1. The van der Waals surface area contributed by atoms with Gasteiger partial charge in [-0.05, 0) is 30.7 Å². The number of hydrogen-bond acceptors (Lipinski definition) is 5. The van der Waals surface area contributed by atoms with E-state index in [1.165, 1.54) is 11.3 Å². The summed E-state index contributed by atoms with van der Waals surface area (Å²) in [6.07, 6.45) is 0.754. The average Bonchev–Trinajstić information content (AvgIpc) is 3.20. The highest BCUT2D eigenvalue weighted by Gasteiger charge is 2.27. The maximum atomic E-state index is 13.5. The zero-order valence-corrected chi connectivity index (χ0v) is 19.1. The molecule has 3 N–H and O–H groups in total. The number of hydrogen-bond donors (Lipinski definition) is 2. The molecule has 0 unspecified atom stereocenters. The first-order valence-corrected chi connectivity index (χ1v) is 11.8. The molecule has 0 aliphatic carbocycles. The molecule has 1 aliphatic heterocycles. The van der Waals surface area contributed by atoms with Crippen LogP contribution in [0.25, 0.3) is 22.2 Å². The second-order valence-electron chi connectivity index (χ2n) is 8.08. The minimum Gasteiger partial charge on any atom is -0.365 e. The summed E-state index contributed by atoms with van der Waals surface area (Å²) in [5.41, 5.74) is 10.1. The van der Waals surface area contributed by atoms with Gasteiger partial charge in [0.2, 0.25) is 0 Å². The van der Waals surface area contributed by atoms with Crippen molar-refractivity contribution in [2.24, 2.45) is 5.73 Å². The number of benzene rings is 2. The molecule has 0 radical (unpaired) electrons. The first-order chi connectivity index (χ1) is 16.0. The third-order valence-corrected chi connectivity index (χ3v) is 7.22. The van der Waals surface area contributed by atoms with E-state index in [0.29, 0.717) is 16.1 Å². The van der Waals surface area contributed by atoms with Crippen LogP contribution in [-0.2, 0) is 13.0 Å². The third-order valence-electron chi connectivity index (χ3n) is 6.09. The SMILES string of the molecule is CCN1CCc2c(sc(NC(=O)c3cc(-c4ccccc4)nc4ccccc34)c2C(N)=O)C1. The van der Waals surface area contributed by atoms with Crippen LogP contribution in [0.5, 0.6) is 0 Å². The molecule has 2 aromatic carbocycles. The Hall–Kier alpha value is -3.55. The van der Waals surface area contributed by atoms with Crippen LogP contribution in [0.3, 0.4) is 0 Å². The fourth-order valence-corrected chi connectivity index (χ4v) is 5.66. The fourth-order valence-electron chi connectivity index (χ4n) is 4.37. The molecule has 6 nitrogen and oxygen atoms in total. The van der Waals surface area contributed by atoms with Crippen LogP contribution in [0.4, 0.5) is 5.00 Å². The summed E-state index contributed by atoms with van der Waals surface area (Å²) in [5, 5.41) is 4.29. The number of amides is 2. The van der Waals surface area contributed by atoms with E-state index < -0.39 is 5.91 Å². The minimum atomic E-state index is -0.502. The Kier molecular flexibility index (Phi) is 5.66. The first-order valence-electron chi connectivity index (χ1n) is 11.0. The Morgan fingerprint density at radius 3 is 2.64 bits per heavy atom. The molecule has 0 spiro atoms. The number of rotatable bonds is 5. The van der Waals surface area contributed by atoms with Gasteiger partial charge in [-0.3, -0.25) is 14.5 Å². The summed E-state index contributed by atoms with van der Waals surface area (Å²) < 4.78 is 0. The van der Waals surface area contributed by atoms with Gasteiger partial charge >= 0.3 is 0 Å². The molecule has 33 heavy (non-hydrogen) atoms. The van der Waals surface area contributed by atoms with Crippen molar-refractivity contribution >= 4 is 39.1 Å². The molecule has 0 saturated carbocycles. The fraction of sp³-hybridized carbons (Fsp3) is 0.192. The lowest BCUT2D eigenvalue weighted by atomic mass is 10.0. The molecule has 0 atom stereocenters. The maximum Gasteiger partial charge on any atom is 0.257 e. The predicted octanol–water partition coefficient (Wildman–Crippen LogP) is 4.69. The van der Waals surface area contributed by atoms with E-state index in [4.69, 9.17) is 10.7 Å². The lowest BCUT2D eigenvalue weighted by Crippen LogP contribution is -2.30. The molecule has 7 heteroatoms. The lowest BCUT2D eigenvalue weighted by Gasteiger charge is -2.25. The van der Waals surface area contributed by atoms with Crippen molar-refractivity contribution in [3.63, 3.8) is 0 Å². The Labute approximate surface area is 196 Å². The Morgan fingerprint density at radius 1 is 1.12 bits per heavy atom. The van der Waals surface area contributed by atoms with E-state index in [-0.39, 0.29) is 5.91 Å². The standard InChI is InChI=1S/C26H24N4O2S/c1-2-30-13-12-18-22(15-30)33-26(23(18)24(27)31)29-25(32)19-14-21(16-8-4-3-5-9-16)28-20-11-7-6-10-17(19)20/h3-11,14H,2,12-13,15H2,1H3,(H2,27,31)(H,29,32). The second-order valence-corrected chi connectivity index (χ2v) is 9.19. The molecule has 166 valence electrons. The number of anilines is 1.